The molecule has 3 heteroatoms. The van der Waals surface area contributed by atoms with Crippen molar-refractivity contribution in [1.29, 1.82) is 0 Å². The molecule has 1 heterocycles. The maximum atomic E-state index is 11.6. The Morgan fingerprint density at radius 3 is 2.86 bits per heavy atom. The van der Waals surface area contributed by atoms with Gasteiger partial charge in [-0.2, -0.15) is 0 Å². The molecule has 3 nitrogen and oxygen atoms in total. The first-order valence-electron chi connectivity index (χ1n) is 5.22. The molecule has 0 bridgehead atoms. The van der Waals surface area contributed by atoms with Crippen molar-refractivity contribution in [2.24, 2.45) is 5.92 Å². The number of nitrogen functional groups attached to an aromatic ring is 1. The van der Waals surface area contributed by atoms with Crippen LogP contribution in [0.1, 0.15) is 25.7 Å². The molecule has 0 radical (unpaired) electrons. The number of hydrogen-bond acceptors (Lipinski definition) is 2. The van der Waals surface area contributed by atoms with E-state index in [1.807, 2.05) is 12.3 Å². The van der Waals surface area contributed by atoms with Crippen LogP contribution in [0.2, 0.25) is 0 Å². The lowest BCUT2D eigenvalue weighted by Gasteiger charge is -2.11. The van der Waals surface area contributed by atoms with E-state index in [9.17, 15) is 4.79 Å². The highest BCUT2D eigenvalue weighted by Gasteiger charge is 2.15. The molecule has 0 spiro atoms. The predicted molar refractivity (Wildman–Crippen MR) is 57.1 cm³/mol. The van der Waals surface area contributed by atoms with E-state index in [-0.39, 0.29) is 5.56 Å². The van der Waals surface area contributed by atoms with Crippen LogP contribution in [0.15, 0.2) is 23.1 Å². The molecule has 76 valence electrons. The van der Waals surface area contributed by atoms with Crippen molar-refractivity contribution < 1.29 is 0 Å². The Kier molecular flexibility index (Phi) is 2.57. The zero-order valence-electron chi connectivity index (χ0n) is 8.28. The van der Waals surface area contributed by atoms with Gasteiger partial charge < -0.3 is 10.3 Å². The summed E-state index contributed by atoms with van der Waals surface area (Å²) in [6.07, 6.45) is 6.95. The number of anilines is 1. The van der Waals surface area contributed by atoms with Gasteiger partial charge in [0, 0.05) is 12.7 Å². The summed E-state index contributed by atoms with van der Waals surface area (Å²) in [6.45, 7) is 0.837. The maximum Gasteiger partial charge on any atom is 0.273 e. The highest BCUT2D eigenvalue weighted by Crippen LogP contribution is 2.25. The summed E-state index contributed by atoms with van der Waals surface area (Å²) in [5.74, 6) is 0.675. The van der Waals surface area contributed by atoms with Crippen molar-refractivity contribution in [2.45, 2.75) is 32.2 Å². The zero-order valence-corrected chi connectivity index (χ0v) is 8.28. The minimum Gasteiger partial charge on any atom is -0.394 e. The molecule has 1 saturated carbocycles. The molecule has 0 amide bonds. The van der Waals surface area contributed by atoms with Crippen molar-refractivity contribution in [3.8, 4) is 0 Å². The molecule has 0 unspecified atom stereocenters. The molecule has 2 N–H and O–H groups in total. The Labute approximate surface area is 83.5 Å². The van der Waals surface area contributed by atoms with E-state index in [4.69, 9.17) is 5.73 Å². The number of nitrogens with two attached hydrogens (primary N) is 1. The van der Waals surface area contributed by atoms with E-state index >= 15 is 0 Å². The van der Waals surface area contributed by atoms with Crippen LogP contribution in [-0.4, -0.2) is 4.57 Å². The van der Waals surface area contributed by atoms with Gasteiger partial charge in [0.1, 0.15) is 0 Å². The van der Waals surface area contributed by atoms with Gasteiger partial charge >= 0.3 is 0 Å². The number of pyridine rings is 1. The van der Waals surface area contributed by atoms with Crippen LogP contribution in [0.3, 0.4) is 0 Å². The van der Waals surface area contributed by atoms with E-state index in [2.05, 4.69) is 0 Å². The van der Waals surface area contributed by atoms with E-state index in [1.54, 1.807) is 10.6 Å². The Hall–Kier alpha value is -1.25. The first kappa shape index (κ1) is 9.31. The summed E-state index contributed by atoms with van der Waals surface area (Å²) < 4.78 is 1.74. The topological polar surface area (TPSA) is 48.0 Å². The average molecular weight is 192 g/mol. The molecule has 1 aliphatic rings. The first-order chi connectivity index (χ1) is 6.77. The number of rotatable bonds is 2. The smallest absolute Gasteiger partial charge is 0.273 e. The highest BCUT2D eigenvalue weighted by molar-refractivity contribution is 5.33. The molecule has 1 aliphatic carbocycles. The molecule has 1 aromatic heterocycles. The van der Waals surface area contributed by atoms with Gasteiger partial charge in [-0.15, -0.1) is 0 Å². The molecule has 14 heavy (non-hydrogen) atoms. The second-order valence-electron chi connectivity index (χ2n) is 4.07. The van der Waals surface area contributed by atoms with Crippen LogP contribution in [0.4, 0.5) is 5.69 Å². The molecule has 0 aliphatic heterocycles. The molecule has 2 rings (SSSR count). The quantitative estimate of drug-likeness (QED) is 0.774. The second kappa shape index (κ2) is 3.86. The van der Waals surface area contributed by atoms with Crippen molar-refractivity contribution in [3.63, 3.8) is 0 Å². The Balaban J connectivity index is 2.16. The van der Waals surface area contributed by atoms with Crippen LogP contribution in [0.25, 0.3) is 0 Å². The van der Waals surface area contributed by atoms with Gasteiger partial charge in [-0.1, -0.05) is 12.8 Å². The normalized spacial score (nSPS) is 17.4. The van der Waals surface area contributed by atoms with Crippen LogP contribution in [-0.2, 0) is 6.54 Å². The fourth-order valence-corrected chi connectivity index (χ4v) is 2.17. The van der Waals surface area contributed by atoms with Gasteiger partial charge in [0.2, 0.25) is 0 Å². The molecule has 0 saturated heterocycles. The maximum absolute atomic E-state index is 11.6. The fourth-order valence-electron chi connectivity index (χ4n) is 2.17. The molecule has 1 aromatic rings. The summed E-state index contributed by atoms with van der Waals surface area (Å²) in [4.78, 5) is 11.6. The third kappa shape index (κ3) is 1.81. The number of aromatic nitrogens is 1. The zero-order chi connectivity index (χ0) is 9.97. The van der Waals surface area contributed by atoms with Crippen LogP contribution in [0.5, 0.6) is 0 Å². The lowest BCUT2D eigenvalue weighted by Crippen LogP contribution is -2.24. The van der Waals surface area contributed by atoms with E-state index in [0.29, 0.717) is 11.6 Å². The van der Waals surface area contributed by atoms with E-state index < -0.39 is 0 Å². The second-order valence-corrected chi connectivity index (χ2v) is 4.07. The third-order valence-electron chi connectivity index (χ3n) is 2.98. The van der Waals surface area contributed by atoms with Crippen molar-refractivity contribution in [3.05, 3.63) is 28.7 Å². The van der Waals surface area contributed by atoms with Crippen molar-refractivity contribution >= 4 is 5.69 Å². The van der Waals surface area contributed by atoms with E-state index in [0.717, 1.165) is 6.54 Å². The monoisotopic (exact) mass is 192 g/mol. The molecular formula is C11H16N2O. The van der Waals surface area contributed by atoms with Crippen LogP contribution < -0.4 is 11.3 Å². The largest absolute Gasteiger partial charge is 0.394 e. The van der Waals surface area contributed by atoms with Crippen molar-refractivity contribution in [1.82, 2.24) is 4.57 Å². The van der Waals surface area contributed by atoms with Crippen LogP contribution >= 0.6 is 0 Å². The van der Waals surface area contributed by atoms with E-state index in [1.165, 1.54) is 25.7 Å². The average Bonchev–Trinajstić information content (AvgIpc) is 2.66. The minimum absolute atomic E-state index is 0.0422. The Bertz CT molecular complexity index is 364. The lowest BCUT2D eigenvalue weighted by molar-refractivity contribution is 0.449. The Morgan fingerprint density at radius 2 is 2.14 bits per heavy atom. The Morgan fingerprint density at radius 1 is 1.43 bits per heavy atom. The van der Waals surface area contributed by atoms with Gasteiger partial charge in [0.15, 0.2) is 0 Å². The van der Waals surface area contributed by atoms with Gasteiger partial charge in [-0.25, -0.2) is 0 Å². The first-order valence-corrected chi connectivity index (χ1v) is 5.22. The van der Waals surface area contributed by atoms with Crippen molar-refractivity contribution in [2.75, 3.05) is 5.73 Å². The summed E-state index contributed by atoms with van der Waals surface area (Å²) in [6, 6.07) is 3.50. The lowest BCUT2D eigenvalue weighted by atomic mass is 10.1. The third-order valence-corrected chi connectivity index (χ3v) is 2.98. The highest BCUT2D eigenvalue weighted by atomic mass is 16.1. The molecule has 0 aromatic carbocycles. The summed E-state index contributed by atoms with van der Waals surface area (Å²) in [7, 11) is 0. The minimum atomic E-state index is -0.0422. The predicted octanol–water partition coefficient (Wildman–Crippen LogP) is 1.62. The SMILES string of the molecule is Nc1cccn(CC2CCCC2)c1=O. The number of hydrogen-bond donors (Lipinski definition) is 1. The van der Waals surface area contributed by atoms with Gasteiger partial charge in [-0.05, 0) is 30.9 Å². The molecule has 1 fully saturated rings. The summed E-state index contributed by atoms with van der Waals surface area (Å²) >= 11 is 0. The number of nitrogens with zero attached hydrogens (tertiary/aromatic N) is 1. The van der Waals surface area contributed by atoms with Crippen LogP contribution in [0, 0.1) is 5.92 Å². The fraction of sp³-hybridized carbons (Fsp3) is 0.545. The standard InChI is InChI=1S/C11H16N2O/c12-10-6-3-7-13(11(10)14)8-9-4-1-2-5-9/h3,6-7,9H,1-2,4-5,8,12H2. The molecule has 0 atom stereocenters. The summed E-state index contributed by atoms with van der Waals surface area (Å²) in [5.41, 5.74) is 5.87. The van der Waals surface area contributed by atoms with Gasteiger partial charge in [0.05, 0.1) is 5.69 Å². The van der Waals surface area contributed by atoms with Gasteiger partial charge in [0.25, 0.3) is 5.56 Å². The van der Waals surface area contributed by atoms with Gasteiger partial charge in [-0.3, -0.25) is 4.79 Å². The summed E-state index contributed by atoms with van der Waals surface area (Å²) in [5, 5.41) is 0. The molecular weight excluding hydrogens is 176 g/mol.